The van der Waals surface area contributed by atoms with E-state index in [1.807, 2.05) is 0 Å². The predicted molar refractivity (Wildman–Crippen MR) is 117 cm³/mol. The molecule has 0 saturated heterocycles. The van der Waals surface area contributed by atoms with E-state index in [2.05, 4.69) is 4.72 Å². The molecule has 0 spiro atoms. The molecule has 3 aromatic carbocycles. The molecule has 3 N–H and O–H groups in total. The fourth-order valence-electron chi connectivity index (χ4n) is 3.41. The summed E-state index contributed by atoms with van der Waals surface area (Å²) in [6, 6.07) is 10.8. The van der Waals surface area contributed by atoms with Crippen molar-refractivity contribution in [2.24, 2.45) is 0 Å². The van der Waals surface area contributed by atoms with Crippen LogP contribution >= 0.6 is 0 Å². The number of aromatic carboxylic acids is 1. The Morgan fingerprint density at radius 3 is 1.97 bits per heavy atom. The number of nitrogens with one attached hydrogen (secondary N) is 1. The number of carbonyl (C=O) groups is 1. The molecule has 0 aromatic heterocycles. The van der Waals surface area contributed by atoms with Crippen LogP contribution in [-0.2, 0) is 21.4 Å². The van der Waals surface area contributed by atoms with Crippen LogP contribution in [0.1, 0.15) is 21.5 Å². The van der Waals surface area contributed by atoms with E-state index in [0.29, 0.717) is 12.1 Å². The van der Waals surface area contributed by atoms with E-state index in [-0.39, 0.29) is 28.4 Å². The van der Waals surface area contributed by atoms with E-state index < -0.39 is 56.6 Å². The first-order chi connectivity index (χ1) is 16.9. The number of benzene rings is 3. The van der Waals surface area contributed by atoms with E-state index in [1.165, 1.54) is 48.5 Å². The van der Waals surface area contributed by atoms with Gasteiger partial charge in [-0.3, -0.25) is 4.72 Å². The molecule has 0 unspecified atom stereocenters. The molecule has 0 radical (unpaired) electrons. The average Bonchev–Trinajstić information content (AvgIpc) is 2.77. The van der Waals surface area contributed by atoms with Crippen LogP contribution in [-0.4, -0.2) is 37.0 Å². The van der Waals surface area contributed by atoms with Gasteiger partial charge in [-0.2, -0.15) is 26.3 Å². The van der Waals surface area contributed by atoms with Crippen LogP contribution in [0.15, 0.2) is 66.7 Å². The number of halogens is 7. The SMILES string of the molecule is O=C(O)c1cccc(CS(=O)(=O)Nc2ccc(-c3ccc(C(O)(C(F)(F)F)C(F)(F)F)cc3F)cc2)c1. The normalized spacial score (nSPS) is 12.9. The van der Waals surface area contributed by atoms with E-state index in [4.69, 9.17) is 5.11 Å². The lowest BCUT2D eigenvalue weighted by Gasteiger charge is -2.32. The van der Waals surface area contributed by atoms with Crippen molar-refractivity contribution in [3.63, 3.8) is 0 Å². The molecule has 0 aliphatic carbocycles. The Hall–Kier alpha value is -3.65. The summed E-state index contributed by atoms with van der Waals surface area (Å²) in [6.45, 7) is 0. The zero-order valence-electron chi connectivity index (χ0n) is 18.2. The van der Waals surface area contributed by atoms with Crippen molar-refractivity contribution in [3.8, 4) is 11.1 Å². The second kappa shape index (κ2) is 9.67. The summed E-state index contributed by atoms with van der Waals surface area (Å²) in [5.74, 6) is -3.31. The lowest BCUT2D eigenvalue weighted by atomic mass is 9.90. The second-order valence-electron chi connectivity index (χ2n) is 7.84. The molecule has 14 heteroatoms. The molecule has 0 atom stereocenters. The number of sulfonamides is 1. The second-order valence-corrected chi connectivity index (χ2v) is 9.57. The summed E-state index contributed by atoms with van der Waals surface area (Å²) >= 11 is 0. The van der Waals surface area contributed by atoms with Crippen LogP contribution in [0.5, 0.6) is 0 Å². The molecule has 3 rings (SSSR count). The van der Waals surface area contributed by atoms with Crippen LogP contribution in [0.25, 0.3) is 11.1 Å². The third-order valence-corrected chi connectivity index (χ3v) is 6.47. The minimum absolute atomic E-state index is 0.00122. The molecule has 198 valence electrons. The van der Waals surface area contributed by atoms with Gasteiger partial charge in [0.05, 0.1) is 11.3 Å². The van der Waals surface area contributed by atoms with Crippen molar-refractivity contribution < 1.29 is 54.2 Å². The van der Waals surface area contributed by atoms with Gasteiger partial charge in [-0.15, -0.1) is 0 Å². The molecular formula is C23H16F7NO5S. The third kappa shape index (κ3) is 5.85. The van der Waals surface area contributed by atoms with Crippen molar-refractivity contribution in [2.75, 3.05) is 4.72 Å². The maximum absolute atomic E-state index is 14.5. The van der Waals surface area contributed by atoms with Gasteiger partial charge in [0, 0.05) is 16.8 Å². The standard InChI is InChI=1S/C23H16F7NO5S/c24-19-11-16(21(34,22(25,26)27)23(28,29)30)6-9-18(19)14-4-7-17(8-5-14)31-37(35,36)12-13-2-1-3-15(10-13)20(32)33/h1-11,31,34H,12H2,(H,32,33). The van der Waals surface area contributed by atoms with Crippen molar-refractivity contribution in [3.05, 3.63) is 89.2 Å². The van der Waals surface area contributed by atoms with Crippen molar-refractivity contribution in [1.82, 2.24) is 0 Å². The van der Waals surface area contributed by atoms with Gasteiger partial charge in [-0.1, -0.05) is 36.4 Å². The Labute approximate surface area is 205 Å². The maximum atomic E-state index is 14.5. The van der Waals surface area contributed by atoms with Gasteiger partial charge in [0.2, 0.25) is 10.0 Å². The molecule has 0 fully saturated rings. The first-order valence-electron chi connectivity index (χ1n) is 10.0. The molecule has 0 amide bonds. The lowest BCUT2D eigenvalue weighted by Crippen LogP contribution is -2.53. The van der Waals surface area contributed by atoms with E-state index in [0.717, 1.165) is 0 Å². The topological polar surface area (TPSA) is 104 Å². The summed E-state index contributed by atoms with van der Waals surface area (Å²) in [7, 11) is -4.02. The highest BCUT2D eigenvalue weighted by Crippen LogP contribution is 2.50. The minimum Gasteiger partial charge on any atom is -0.478 e. The number of rotatable bonds is 7. The van der Waals surface area contributed by atoms with E-state index >= 15 is 0 Å². The average molecular weight is 551 g/mol. The summed E-state index contributed by atoms with van der Waals surface area (Å²) < 4.78 is 120. The molecule has 3 aromatic rings. The molecule has 0 heterocycles. The lowest BCUT2D eigenvalue weighted by molar-refractivity contribution is -0.376. The first kappa shape index (κ1) is 27.9. The van der Waals surface area contributed by atoms with Gasteiger partial charge in [0.1, 0.15) is 5.82 Å². The van der Waals surface area contributed by atoms with Crippen LogP contribution in [0.3, 0.4) is 0 Å². The molecular weight excluding hydrogens is 535 g/mol. The van der Waals surface area contributed by atoms with Crippen molar-refractivity contribution in [2.45, 2.75) is 23.7 Å². The highest BCUT2D eigenvalue weighted by Gasteiger charge is 2.71. The number of carboxylic acids is 1. The number of aliphatic hydroxyl groups is 1. The van der Waals surface area contributed by atoms with Crippen LogP contribution in [0.4, 0.5) is 36.4 Å². The monoisotopic (exact) mass is 551 g/mol. The Kier molecular flexibility index (Phi) is 7.30. The Morgan fingerprint density at radius 2 is 1.46 bits per heavy atom. The first-order valence-corrected chi connectivity index (χ1v) is 11.7. The molecule has 0 aliphatic rings. The predicted octanol–water partition coefficient (Wildman–Crippen LogP) is 5.45. The van der Waals surface area contributed by atoms with Gasteiger partial charge in [0.15, 0.2) is 0 Å². The Balaban J connectivity index is 1.83. The smallest absolute Gasteiger partial charge is 0.430 e. The number of hydrogen-bond acceptors (Lipinski definition) is 4. The molecule has 0 saturated carbocycles. The summed E-state index contributed by atoms with van der Waals surface area (Å²) in [5, 5.41) is 18.4. The zero-order valence-corrected chi connectivity index (χ0v) is 19.0. The van der Waals surface area contributed by atoms with Gasteiger partial charge < -0.3 is 10.2 Å². The minimum atomic E-state index is -6.17. The molecule has 0 aliphatic heterocycles. The van der Waals surface area contributed by atoms with Crippen LogP contribution < -0.4 is 4.72 Å². The van der Waals surface area contributed by atoms with Gasteiger partial charge >= 0.3 is 18.3 Å². The quantitative estimate of drug-likeness (QED) is 0.339. The zero-order chi connectivity index (χ0) is 27.8. The summed E-state index contributed by atoms with van der Waals surface area (Å²) in [4.78, 5) is 11.0. The Bertz CT molecular complexity index is 1400. The number of anilines is 1. The number of alkyl halides is 6. The van der Waals surface area contributed by atoms with Crippen molar-refractivity contribution >= 4 is 21.7 Å². The van der Waals surface area contributed by atoms with E-state index in [1.54, 1.807) is 0 Å². The van der Waals surface area contributed by atoms with Gasteiger partial charge in [-0.05, 0) is 41.5 Å². The highest BCUT2D eigenvalue weighted by atomic mass is 32.2. The summed E-state index contributed by atoms with van der Waals surface area (Å²) in [5.41, 5.74) is -7.40. The molecule has 37 heavy (non-hydrogen) atoms. The Morgan fingerprint density at radius 1 is 0.865 bits per heavy atom. The number of hydrogen-bond donors (Lipinski definition) is 3. The highest BCUT2D eigenvalue weighted by molar-refractivity contribution is 7.91. The third-order valence-electron chi connectivity index (χ3n) is 5.21. The fraction of sp³-hybridized carbons (Fsp3) is 0.174. The molecule has 0 bridgehead atoms. The summed E-state index contributed by atoms with van der Waals surface area (Å²) in [6.07, 6.45) is -12.3. The van der Waals surface area contributed by atoms with Crippen molar-refractivity contribution in [1.29, 1.82) is 0 Å². The van der Waals surface area contributed by atoms with E-state index in [9.17, 15) is 49.1 Å². The molecule has 6 nitrogen and oxygen atoms in total. The van der Waals surface area contributed by atoms with Gasteiger partial charge in [-0.25, -0.2) is 17.6 Å². The maximum Gasteiger partial charge on any atom is 0.430 e. The van der Waals surface area contributed by atoms with Gasteiger partial charge in [0.25, 0.3) is 5.60 Å². The van der Waals surface area contributed by atoms with Crippen LogP contribution in [0, 0.1) is 5.82 Å². The van der Waals surface area contributed by atoms with Crippen LogP contribution in [0.2, 0.25) is 0 Å². The largest absolute Gasteiger partial charge is 0.478 e. The number of carboxylic acid groups (broad SMARTS) is 1. The fourth-order valence-corrected chi connectivity index (χ4v) is 4.60.